The van der Waals surface area contributed by atoms with Crippen LogP contribution < -0.4 is 14.5 Å². The van der Waals surface area contributed by atoms with E-state index in [2.05, 4.69) is 29.1 Å². The monoisotopic (exact) mass is 365 g/mol. The summed E-state index contributed by atoms with van der Waals surface area (Å²) in [5, 5.41) is 6.61. The standard InChI is InChI=1S/C21H23N3O3/c1-13-5-7-16(8-6-13)24-21-17-12-19(27-4)18(26-3)11-15(17)9-10-23(21)20(22-24)14(2)25/h5-8,11-12,21H,9-10H2,1-4H3/t21-/m0/s1. The van der Waals surface area contributed by atoms with Gasteiger partial charge in [-0.25, -0.2) is 5.01 Å². The van der Waals surface area contributed by atoms with Gasteiger partial charge in [0.15, 0.2) is 29.3 Å². The third kappa shape index (κ3) is 2.81. The van der Waals surface area contributed by atoms with Gasteiger partial charge in [-0.2, -0.15) is 0 Å². The summed E-state index contributed by atoms with van der Waals surface area (Å²) in [4.78, 5) is 14.3. The first-order chi connectivity index (χ1) is 13.0. The summed E-state index contributed by atoms with van der Waals surface area (Å²) in [6, 6.07) is 12.2. The third-order valence-electron chi connectivity index (χ3n) is 5.16. The van der Waals surface area contributed by atoms with Gasteiger partial charge in [-0.1, -0.05) is 17.7 Å². The number of hydrazone groups is 1. The first kappa shape index (κ1) is 17.4. The molecule has 4 rings (SSSR count). The molecule has 0 unspecified atom stereocenters. The first-order valence-electron chi connectivity index (χ1n) is 9.00. The van der Waals surface area contributed by atoms with E-state index < -0.39 is 0 Å². The Labute approximate surface area is 159 Å². The van der Waals surface area contributed by atoms with Crippen molar-refractivity contribution in [2.24, 2.45) is 5.10 Å². The highest BCUT2D eigenvalue weighted by molar-refractivity contribution is 6.38. The Balaban J connectivity index is 1.85. The van der Waals surface area contributed by atoms with Crippen LogP contribution in [0.1, 0.15) is 29.8 Å². The van der Waals surface area contributed by atoms with Crippen LogP contribution >= 0.6 is 0 Å². The minimum absolute atomic E-state index is 0.0291. The number of ketones is 1. The first-order valence-corrected chi connectivity index (χ1v) is 9.00. The number of carbonyl (C=O) groups excluding carboxylic acids is 1. The number of Topliss-reactive ketones (excluding diaryl/α,β-unsaturated/α-hetero) is 1. The van der Waals surface area contributed by atoms with E-state index in [9.17, 15) is 4.79 Å². The molecule has 0 spiro atoms. The van der Waals surface area contributed by atoms with Crippen molar-refractivity contribution in [3.63, 3.8) is 0 Å². The molecule has 2 heterocycles. The van der Waals surface area contributed by atoms with Crippen molar-refractivity contribution in [1.29, 1.82) is 0 Å². The zero-order chi connectivity index (χ0) is 19.1. The molecule has 6 nitrogen and oxygen atoms in total. The molecular formula is C21H23N3O3. The van der Waals surface area contributed by atoms with Gasteiger partial charge < -0.3 is 14.4 Å². The number of benzene rings is 2. The fourth-order valence-electron chi connectivity index (χ4n) is 3.79. The molecule has 140 valence electrons. The second kappa shape index (κ2) is 6.61. The summed E-state index contributed by atoms with van der Waals surface area (Å²) in [6.45, 7) is 4.35. The van der Waals surface area contributed by atoms with E-state index in [0.29, 0.717) is 11.6 Å². The van der Waals surface area contributed by atoms with Gasteiger partial charge in [0, 0.05) is 19.0 Å². The lowest BCUT2D eigenvalue weighted by Crippen LogP contribution is -2.42. The quantitative estimate of drug-likeness (QED) is 0.832. The van der Waals surface area contributed by atoms with E-state index in [0.717, 1.165) is 30.0 Å². The van der Waals surface area contributed by atoms with Crippen molar-refractivity contribution in [2.45, 2.75) is 26.4 Å². The van der Waals surface area contributed by atoms with Crippen molar-refractivity contribution in [3.05, 3.63) is 53.1 Å². The van der Waals surface area contributed by atoms with Crippen LogP contribution in [-0.2, 0) is 11.2 Å². The van der Waals surface area contributed by atoms with E-state index in [-0.39, 0.29) is 11.9 Å². The van der Waals surface area contributed by atoms with Crippen molar-refractivity contribution < 1.29 is 14.3 Å². The van der Waals surface area contributed by atoms with Crippen molar-refractivity contribution in [2.75, 3.05) is 25.8 Å². The van der Waals surface area contributed by atoms with Crippen LogP contribution in [0.4, 0.5) is 5.69 Å². The molecule has 0 fully saturated rings. The van der Waals surface area contributed by atoms with Crippen molar-refractivity contribution in [1.82, 2.24) is 4.90 Å². The molecule has 6 heteroatoms. The van der Waals surface area contributed by atoms with Crippen molar-refractivity contribution >= 4 is 17.3 Å². The van der Waals surface area contributed by atoms with E-state index in [1.165, 1.54) is 11.1 Å². The summed E-state index contributed by atoms with van der Waals surface area (Å²) >= 11 is 0. The number of amidine groups is 1. The van der Waals surface area contributed by atoms with E-state index in [1.54, 1.807) is 21.1 Å². The molecule has 0 aliphatic carbocycles. The minimum atomic E-state index is -0.171. The number of anilines is 1. The Bertz CT molecular complexity index is 921. The van der Waals surface area contributed by atoms with Gasteiger partial charge >= 0.3 is 0 Å². The Hall–Kier alpha value is -3.02. The summed E-state index contributed by atoms with van der Waals surface area (Å²) in [7, 11) is 3.28. The molecule has 27 heavy (non-hydrogen) atoms. The number of fused-ring (bicyclic) bond motifs is 3. The van der Waals surface area contributed by atoms with Gasteiger partial charge in [-0.3, -0.25) is 4.79 Å². The van der Waals surface area contributed by atoms with Crippen LogP contribution in [0.5, 0.6) is 11.5 Å². The maximum Gasteiger partial charge on any atom is 0.196 e. The molecule has 0 saturated carbocycles. The fraction of sp³-hybridized carbons (Fsp3) is 0.333. The van der Waals surface area contributed by atoms with Gasteiger partial charge in [0.1, 0.15) is 0 Å². The van der Waals surface area contributed by atoms with Gasteiger partial charge in [-0.15, -0.1) is 5.10 Å². The van der Waals surface area contributed by atoms with E-state index in [4.69, 9.17) is 9.47 Å². The number of carbonyl (C=O) groups is 1. The van der Waals surface area contributed by atoms with Gasteiger partial charge in [0.05, 0.1) is 19.9 Å². The number of methoxy groups -OCH3 is 2. The lowest BCUT2D eigenvalue weighted by atomic mass is 9.95. The normalized spacial score (nSPS) is 17.9. The van der Waals surface area contributed by atoms with E-state index >= 15 is 0 Å². The van der Waals surface area contributed by atoms with Crippen molar-refractivity contribution in [3.8, 4) is 11.5 Å². The molecule has 0 radical (unpaired) electrons. The number of hydrogen-bond acceptors (Lipinski definition) is 6. The maximum absolute atomic E-state index is 12.2. The zero-order valence-electron chi connectivity index (χ0n) is 16.0. The van der Waals surface area contributed by atoms with Gasteiger partial charge in [0.2, 0.25) is 0 Å². The summed E-state index contributed by atoms with van der Waals surface area (Å²) < 4.78 is 11.0. The second-order valence-corrected chi connectivity index (χ2v) is 6.88. The highest BCUT2D eigenvalue weighted by atomic mass is 16.5. The Morgan fingerprint density at radius 3 is 2.41 bits per heavy atom. The second-order valence-electron chi connectivity index (χ2n) is 6.88. The predicted molar refractivity (Wildman–Crippen MR) is 104 cm³/mol. The molecule has 0 bridgehead atoms. The smallest absolute Gasteiger partial charge is 0.196 e. The number of rotatable bonds is 4. The maximum atomic E-state index is 12.2. The molecule has 0 amide bonds. The largest absolute Gasteiger partial charge is 0.493 e. The van der Waals surface area contributed by atoms with Crippen LogP contribution in [0.2, 0.25) is 0 Å². The summed E-state index contributed by atoms with van der Waals surface area (Å²) in [5.74, 6) is 1.87. The highest BCUT2D eigenvalue weighted by Gasteiger charge is 2.41. The van der Waals surface area contributed by atoms with E-state index in [1.807, 2.05) is 29.3 Å². The molecule has 0 saturated heterocycles. The van der Waals surface area contributed by atoms with Crippen LogP contribution in [0.3, 0.4) is 0 Å². The summed E-state index contributed by atoms with van der Waals surface area (Å²) in [6.07, 6.45) is 0.649. The van der Waals surface area contributed by atoms with Crippen LogP contribution in [0.15, 0.2) is 41.5 Å². The van der Waals surface area contributed by atoms with Crippen LogP contribution in [0, 0.1) is 6.92 Å². The summed E-state index contributed by atoms with van der Waals surface area (Å²) in [5.41, 5.74) is 4.40. The lowest BCUT2D eigenvalue weighted by molar-refractivity contribution is -0.111. The Morgan fingerprint density at radius 1 is 1.11 bits per heavy atom. The van der Waals surface area contributed by atoms with Crippen LogP contribution in [-0.4, -0.2) is 37.3 Å². The Kier molecular flexibility index (Phi) is 4.26. The molecule has 2 aromatic rings. The molecular weight excluding hydrogens is 342 g/mol. The average molecular weight is 365 g/mol. The molecule has 0 N–H and O–H groups in total. The molecule has 1 atom stereocenters. The minimum Gasteiger partial charge on any atom is -0.493 e. The number of aryl methyl sites for hydroxylation is 1. The lowest BCUT2D eigenvalue weighted by Gasteiger charge is -2.37. The SMILES string of the molecule is COc1cc2c(cc1OC)[C@H]1N(CC2)C(C(C)=O)=NN1c1ccc(C)cc1. The zero-order valence-corrected chi connectivity index (χ0v) is 16.0. The number of hydrogen-bond donors (Lipinski definition) is 0. The number of nitrogens with zero attached hydrogens (tertiary/aromatic N) is 3. The highest BCUT2D eigenvalue weighted by Crippen LogP contribution is 2.43. The fourth-order valence-corrected chi connectivity index (χ4v) is 3.79. The molecule has 2 aliphatic heterocycles. The van der Waals surface area contributed by atoms with Gasteiger partial charge in [-0.05, 0) is 43.2 Å². The molecule has 2 aliphatic rings. The molecule has 0 aromatic heterocycles. The third-order valence-corrected chi connectivity index (χ3v) is 5.16. The topological polar surface area (TPSA) is 54.4 Å². The Morgan fingerprint density at radius 2 is 1.78 bits per heavy atom. The predicted octanol–water partition coefficient (Wildman–Crippen LogP) is 3.29. The number of ether oxygens (including phenoxy) is 2. The van der Waals surface area contributed by atoms with Gasteiger partial charge in [0.25, 0.3) is 0 Å². The molecule has 2 aromatic carbocycles. The average Bonchev–Trinajstić information content (AvgIpc) is 3.07. The van der Waals surface area contributed by atoms with Crippen LogP contribution in [0.25, 0.3) is 0 Å².